The van der Waals surface area contributed by atoms with Gasteiger partial charge in [0.15, 0.2) is 0 Å². The molecule has 2 nitrogen and oxygen atoms in total. The first-order valence-electron chi connectivity index (χ1n) is 6.92. The molecule has 0 saturated carbocycles. The van der Waals surface area contributed by atoms with Crippen molar-refractivity contribution in [2.24, 2.45) is 0 Å². The summed E-state index contributed by atoms with van der Waals surface area (Å²) in [6, 6.07) is 11.5. The van der Waals surface area contributed by atoms with Gasteiger partial charge in [-0.3, -0.25) is 4.79 Å². The van der Waals surface area contributed by atoms with Gasteiger partial charge in [-0.2, -0.15) is 0 Å². The number of carbonyl (C=O) groups excluding carboxylic acids is 1. The molecule has 1 heterocycles. The minimum Gasteiger partial charge on any atom is -0.384 e. The molecule has 2 aromatic rings. The Hall–Kier alpha value is -2.23. The number of carbonyl (C=O) groups is 1. The monoisotopic (exact) mass is 287 g/mol. The first-order chi connectivity index (χ1) is 10.1. The van der Waals surface area contributed by atoms with Gasteiger partial charge in [-0.1, -0.05) is 24.3 Å². The maximum absolute atomic E-state index is 13.6. The molecular formula is C17H15F2NO. The van der Waals surface area contributed by atoms with Crippen molar-refractivity contribution in [2.45, 2.75) is 18.8 Å². The molecule has 1 N–H and O–H groups in total. The fourth-order valence-electron chi connectivity index (χ4n) is 2.78. The summed E-state index contributed by atoms with van der Waals surface area (Å²) in [6.07, 6.45) is 0.0922. The standard InChI is InChI=1S/C17H15F2NO/c18-15-5-3-6-16(19)14(15)9-12(21)8-11-10-20-17-7-2-1-4-13(11)17/h1-7,11,20H,8-10H2. The number of halogens is 2. The van der Waals surface area contributed by atoms with E-state index in [1.165, 1.54) is 18.2 Å². The zero-order valence-electron chi connectivity index (χ0n) is 11.4. The van der Waals surface area contributed by atoms with Crippen LogP contribution in [0.15, 0.2) is 42.5 Å². The number of anilines is 1. The van der Waals surface area contributed by atoms with E-state index in [0.717, 1.165) is 11.3 Å². The number of nitrogens with one attached hydrogen (secondary N) is 1. The molecule has 1 aliphatic rings. The molecule has 0 radical (unpaired) electrons. The molecule has 3 rings (SSSR count). The largest absolute Gasteiger partial charge is 0.384 e. The fraction of sp³-hybridized carbons (Fsp3) is 0.235. The van der Waals surface area contributed by atoms with E-state index in [9.17, 15) is 13.6 Å². The van der Waals surface area contributed by atoms with Crippen molar-refractivity contribution < 1.29 is 13.6 Å². The predicted octanol–water partition coefficient (Wildman–Crippen LogP) is 3.68. The van der Waals surface area contributed by atoms with Gasteiger partial charge in [0.25, 0.3) is 0 Å². The van der Waals surface area contributed by atoms with Gasteiger partial charge < -0.3 is 5.32 Å². The molecule has 0 bridgehead atoms. The van der Waals surface area contributed by atoms with E-state index in [-0.39, 0.29) is 30.1 Å². The third-order valence-electron chi connectivity index (χ3n) is 3.85. The average Bonchev–Trinajstić information content (AvgIpc) is 2.87. The van der Waals surface area contributed by atoms with Crippen LogP contribution in [0.1, 0.15) is 23.5 Å². The molecule has 1 unspecified atom stereocenters. The molecular weight excluding hydrogens is 272 g/mol. The second kappa shape index (κ2) is 5.64. The van der Waals surface area contributed by atoms with Crippen LogP contribution in [0.4, 0.5) is 14.5 Å². The lowest BCUT2D eigenvalue weighted by molar-refractivity contribution is -0.118. The highest BCUT2D eigenvalue weighted by Gasteiger charge is 2.24. The molecule has 0 fully saturated rings. The quantitative estimate of drug-likeness (QED) is 0.929. The van der Waals surface area contributed by atoms with E-state index in [1.54, 1.807) is 0 Å². The predicted molar refractivity (Wildman–Crippen MR) is 77.4 cm³/mol. The number of benzene rings is 2. The van der Waals surface area contributed by atoms with Gasteiger partial charge in [0.2, 0.25) is 0 Å². The number of hydrogen-bond acceptors (Lipinski definition) is 2. The maximum atomic E-state index is 13.6. The summed E-state index contributed by atoms with van der Waals surface area (Å²) in [5, 5.41) is 3.24. The normalized spacial score (nSPS) is 16.4. The van der Waals surface area contributed by atoms with Crippen LogP contribution in [0.25, 0.3) is 0 Å². The minimum atomic E-state index is -0.659. The van der Waals surface area contributed by atoms with Crippen molar-refractivity contribution >= 4 is 11.5 Å². The lowest BCUT2D eigenvalue weighted by atomic mass is 9.93. The van der Waals surface area contributed by atoms with Crippen LogP contribution < -0.4 is 5.32 Å². The van der Waals surface area contributed by atoms with Gasteiger partial charge in [0, 0.05) is 36.6 Å². The van der Waals surface area contributed by atoms with Gasteiger partial charge in [0.1, 0.15) is 17.4 Å². The lowest BCUT2D eigenvalue weighted by Gasteiger charge is -2.10. The molecule has 1 atom stereocenters. The van der Waals surface area contributed by atoms with E-state index in [2.05, 4.69) is 5.32 Å². The Kier molecular flexibility index (Phi) is 3.69. The van der Waals surface area contributed by atoms with Crippen LogP contribution in [-0.2, 0) is 11.2 Å². The Morgan fingerprint density at radius 3 is 2.57 bits per heavy atom. The molecule has 108 valence electrons. The van der Waals surface area contributed by atoms with E-state index in [1.807, 2.05) is 24.3 Å². The van der Waals surface area contributed by atoms with Crippen LogP contribution in [0.2, 0.25) is 0 Å². The van der Waals surface area contributed by atoms with Crippen LogP contribution in [0.5, 0.6) is 0 Å². The van der Waals surface area contributed by atoms with Gasteiger partial charge >= 0.3 is 0 Å². The Bertz CT molecular complexity index is 664. The number of hydrogen-bond donors (Lipinski definition) is 1. The number of fused-ring (bicyclic) bond motifs is 1. The van der Waals surface area contributed by atoms with Gasteiger partial charge in [-0.15, -0.1) is 0 Å². The molecule has 1 aliphatic heterocycles. The SMILES string of the molecule is O=C(Cc1c(F)cccc1F)CC1CNc2ccccc21. The summed E-state index contributed by atoms with van der Waals surface area (Å²) in [4.78, 5) is 12.1. The van der Waals surface area contributed by atoms with E-state index >= 15 is 0 Å². The Labute approximate surface area is 121 Å². The van der Waals surface area contributed by atoms with Crippen molar-refractivity contribution in [3.8, 4) is 0 Å². The Balaban J connectivity index is 1.71. The topological polar surface area (TPSA) is 29.1 Å². The van der Waals surface area contributed by atoms with E-state index in [4.69, 9.17) is 0 Å². The molecule has 2 aromatic carbocycles. The molecule has 0 amide bonds. The highest BCUT2D eigenvalue weighted by molar-refractivity contribution is 5.82. The summed E-state index contributed by atoms with van der Waals surface area (Å²) in [7, 11) is 0. The van der Waals surface area contributed by atoms with Crippen molar-refractivity contribution in [1.82, 2.24) is 0 Å². The van der Waals surface area contributed by atoms with Crippen LogP contribution in [0, 0.1) is 11.6 Å². The Morgan fingerprint density at radius 2 is 1.81 bits per heavy atom. The third-order valence-corrected chi connectivity index (χ3v) is 3.85. The van der Waals surface area contributed by atoms with Gasteiger partial charge in [0.05, 0.1) is 0 Å². The summed E-state index contributed by atoms with van der Waals surface area (Å²) in [5.41, 5.74) is 1.99. The highest BCUT2D eigenvalue weighted by atomic mass is 19.1. The van der Waals surface area contributed by atoms with Crippen molar-refractivity contribution in [2.75, 3.05) is 11.9 Å². The summed E-state index contributed by atoms with van der Waals surface area (Å²) >= 11 is 0. The molecule has 21 heavy (non-hydrogen) atoms. The highest BCUT2D eigenvalue weighted by Crippen LogP contribution is 2.33. The maximum Gasteiger partial charge on any atom is 0.138 e. The Morgan fingerprint density at radius 1 is 1.10 bits per heavy atom. The van der Waals surface area contributed by atoms with Crippen molar-refractivity contribution in [3.05, 3.63) is 65.2 Å². The second-order valence-electron chi connectivity index (χ2n) is 5.28. The summed E-state index contributed by atoms with van der Waals surface area (Å²) in [6.45, 7) is 0.685. The number of ketones is 1. The van der Waals surface area contributed by atoms with E-state index < -0.39 is 11.6 Å². The zero-order chi connectivity index (χ0) is 14.8. The first kappa shape index (κ1) is 13.7. The van der Waals surface area contributed by atoms with Crippen molar-refractivity contribution in [1.29, 1.82) is 0 Å². The number of para-hydroxylation sites is 1. The van der Waals surface area contributed by atoms with Gasteiger partial charge in [-0.25, -0.2) is 8.78 Å². The minimum absolute atomic E-state index is 0.0727. The summed E-state index contributed by atoms with van der Waals surface area (Å²) < 4.78 is 27.1. The van der Waals surface area contributed by atoms with Crippen LogP contribution in [-0.4, -0.2) is 12.3 Å². The second-order valence-corrected chi connectivity index (χ2v) is 5.28. The zero-order valence-corrected chi connectivity index (χ0v) is 11.4. The first-order valence-corrected chi connectivity index (χ1v) is 6.92. The molecule has 0 saturated heterocycles. The molecule has 4 heteroatoms. The van der Waals surface area contributed by atoms with Crippen molar-refractivity contribution in [3.63, 3.8) is 0 Å². The van der Waals surface area contributed by atoms with E-state index in [0.29, 0.717) is 6.54 Å². The molecule has 0 aromatic heterocycles. The number of Topliss-reactive ketones (excluding diaryl/α,β-unsaturated/α-hetero) is 1. The van der Waals surface area contributed by atoms with Crippen LogP contribution in [0.3, 0.4) is 0 Å². The summed E-state index contributed by atoms with van der Waals surface area (Å²) in [5.74, 6) is -1.40. The molecule has 0 spiro atoms. The smallest absolute Gasteiger partial charge is 0.138 e. The third kappa shape index (κ3) is 2.79. The fourth-order valence-corrected chi connectivity index (χ4v) is 2.78. The number of rotatable bonds is 4. The van der Waals surface area contributed by atoms with Gasteiger partial charge in [-0.05, 0) is 23.8 Å². The lowest BCUT2D eigenvalue weighted by Crippen LogP contribution is -2.13. The average molecular weight is 287 g/mol. The molecule has 0 aliphatic carbocycles. The van der Waals surface area contributed by atoms with Crippen LogP contribution >= 0.6 is 0 Å².